The fourth-order valence-electron chi connectivity index (χ4n) is 3.93. The molecule has 1 aromatic carbocycles. The van der Waals surface area contributed by atoms with Crippen LogP contribution in [0.1, 0.15) is 23.6 Å². The Morgan fingerprint density at radius 3 is 2.88 bits per heavy atom. The summed E-state index contributed by atoms with van der Waals surface area (Å²) in [6, 6.07) is 12.1. The smallest absolute Gasteiger partial charge is 0.246 e. The Labute approximate surface area is 152 Å². The zero-order chi connectivity index (χ0) is 18.1. The molecule has 2 aromatic rings. The van der Waals surface area contributed by atoms with Gasteiger partial charge in [-0.25, -0.2) is 0 Å². The van der Waals surface area contributed by atoms with Gasteiger partial charge in [0.2, 0.25) is 5.91 Å². The van der Waals surface area contributed by atoms with Crippen LogP contribution in [0.3, 0.4) is 0 Å². The molecule has 0 radical (unpaired) electrons. The lowest BCUT2D eigenvalue weighted by Gasteiger charge is -2.25. The Kier molecular flexibility index (Phi) is 4.38. The summed E-state index contributed by atoms with van der Waals surface area (Å²) in [5.41, 5.74) is 1.42. The summed E-state index contributed by atoms with van der Waals surface area (Å²) in [5, 5.41) is 14.7. The van der Waals surface area contributed by atoms with Crippen LogP contribution in [-0.4, -0.2) is 57.1 Å². The largest absolute Gasteiger partial charge is 0.388 e. The third kappa shape index (κ3) is 3.06. The van der Waals surface area contributed by atoms with E-state index in [1.165, 1.54) is 11.6 Å². The Morgan fingerprint density at radius 2 is 2.15 bits per heavy atom. The van der Waals surface area contributed by atoms with Crippen LogP contribution in [0.5, 0.6) is 0 Å². The number of nitrogens with zero attached hydrogens (tertiary/aromatic N) is 3. The minimum Gasteiger partial charge on any atom is -0.388 e. The van der Waals surface area contributed by atoms with E-state index < -0.39 is 11.7 Å². The van der Waals surface area contributed by atoms with E-state index in [0.717, 1.165) is 12.1 Å². The summed E-state index contributed by atoms with van der Waals surface area (Å²) in [7, 11) is 1.83. The van der Waals surface area contributed by atoms with Crippen molar-refractivity contribution in [2.45, 2.75) is 24.0 Å². The molecule has 3 atom stereocenters. The van der Waals surface area contributed by atoms with Gasteiger partial charge < -0.3 is 14.7 Å². The van der Waals surface area contributed by atoms with Crippen LogP contribution in [0.4, 0.5) is 0 Å². The Bertz CT molecular complexity index is 817. The Hall–Kier alpha value is -2.44. The van der Waals surface area contributed by atoms with Gasteiger partial charge in [0.15, 0.2) is 0 Å². The maximum atomic E-state index is 12.5. The molecule has 3 heterocycles. The third-order valence-corrected chi connectivity index (χ3v) is 5.46. The highest BCUT2D eigenvalue weighted by atomic mass is 16.5. The van der Waals surface area contributed by atoms with Crippen molar-refractivity contribution in [3.63, 3.8) is 0 Å². The molecular weight excluding hydrogens is 330 g/mol. The van der Waals surface area contributed by atoms with E-state index in [9.17, 15) is 9.90 Å². The SMILES string of the molecule is Cn1nccc1/C=C/C(=O)N1C[C@@H](O)[C@@]2(C[C@@H](c3ccccc3)CO2)C1. The molecular formula is C20H23N3O3. The molecule has 6 nitrogen and oxygen atoms in total. The van der Waals surface area contributed by atoms with E-state index >= 15 is 0 Å². The molecule has 6 heteroatoms. The van der Waals surface area contributed by atoms with E-state index in [0.29, 0.717) is 19.7 Å². The van der Waals surface area contributed by atoms with Crippen LogP contribution >= 0.6 is 0 Å². The summed E-state index contributed by atoms with van der Waals surface area (Å²) in [6.45, 7) is 1.30. The number of rotatable bonds is 3. The molecule has 2 saturated heterocycles. The quantitative estimate of drug-likeness (QED) is 0.851. The van der Waals surface area contributed by atoms with Gasteiger partial charge in [0.1, 0.15) is 11.7 Å². The number of amides is 1. The summed E-state index contributed by atoms with van der Waals surface area (Å²) < 4.78 is 7.75. The Balaban J connectivity index is 1.44. The normalized spacial score (nSPS) is 28.5. The van der Waals surface area contributed by atoms with E-state index in [1.807, 2.05) is 31.3 Å². The highest BCUT2D eigenvalue weighted by Crippen LogP contribution is 2.42. The number of hydrogen-bond acceptors (Lipinski definition) is 4. The van der Waals surface area contributed by atoms with Crippen LogP contribution in [-0.2, 0) is 16.6 Å². The molecule has 2 aliphatic heterocycles. The minimum atomic E-state index is -0.662. The topological polar surface area (TPSA) is 67.6 Å². The number of ether oxygens (including phenoxy) is 1. The lowest BCUT2D eigenvalue weighted by atomic mass is 9.87. The Morgan fingerprint density at radius 1 is 1.35 bits per heavy atom. The number of β-amino-alcohol motifs (C(OH)–C–C–N with tert-alkyl or cyclic N) is 1. The van der Waals surface area contributed by atoms with Crippen LogP contribution in [0.2, 0.25) is 0 Å². The highest BCUT2D eigenvalue weighted by Gasteiger charge is 2.52. The van der Waals surface area contributed by atoms with Gasteiger partial charge in [0, 0.05) is 31.8 Å². The van der Waals surface area contributed by atoms with Gasteiger partial charge in [-0.3, -0.25) is 9.48 Å². The predicted octanol–water partition coefficient (Wildman–Crippen LogP) is 1.58. The second kappa shape index (κ2) is 6.70. The van der Waals surface area contributed by atoms with Crippen LogP contribution in [0.15, 0.2) is 48.7 Å². The lowest BCUT2D eigenvalue weighted by molar-refractivity contribution is -0.126. The van der Waals surface area contributed by atoms with Gasteiger partial charge in [0.25, 0.3) is 0 Å². The minimum absolute atomic E-state index is 0.117. The number of benzene rings is 1. The van der Waals surface area contributed by atoms with Crippen molar-refractivity contribution in [3.8, 4) is 0 Å². The molecule has 1 N–H and O–H groups in total. The molecule has 0 aliphatic carbocycles. The van der Waals surface area contributed by atoms with Gasteiger partial charge in [-0.1, -0.05) is 30.3 Å². The maximum absolute atomic E-state index is 12.5. The van der Waals surface area contributed by atoms with Crippen LogP contribution in [0, 0.1) is 0 Å². The van der Waals surface area contributed by atoms with Crippen LogP contribution < -0.4 is 0 Å². The molecule has 1 aromatic heterocycles. The number of aryl methyl sites for hydroxylation is 1. The molecule has 0 saturated carbocycles. The summed E-state index contributed by atoms with van der Waals surface area (Å²) in [4.78, 5) is 14.2. The van der Waals surface area contributed by atoms with Crippen molar-refractivity contribution >= 4 is 12.0 Å². The van der Waals surface area contributed by atoms with E-state index in [1.54, 1.807) is 21.9 Å². The maximum Gasteiger partial charge on any atom is 0.246 e. The number of carbonyl (C=O) groups is 1. The van der Waals surface area contributed by atoms with Gasteiger partial charge >= 0.3 is 0 Å². The van der Waals surface area contributed by atoms with Gasteiger partial charge in [0.05, 0.1) is 18.8 Å². The van der Waals surface area contributed by atoms with Crippen molar-refractivity contribution in [1.82, 2.24) is 14.7 Å². The summed E-state index contributed by atoms with van der Waals surface area (Å²) in [5.74, 6) is 0.139. The average molecular weight is 353 g/mol. The summed E-state index contributed by atoms with van der Waals surface area (Å²) in [6.07, 6.45) is 5.04. The van der Waals surface area contributed by atoms with Gasteiger partial charge in [-0.15, -0.1) is 0 Å². The standard InChI is InChI=1S/C20H23N3O3/c1-22-17(9-10-21-22)7-8-19(25)23-12-18(24)20(14-23)11-16(13-26-20)15-5-3-2-4-6-15/h2-10,16,18,24H,11-14H2,1H3/b8-7+/t16-,18-,20-/m1/s1. The molecule has 2 fully saturated rings. The fourth-order valence-corrected chi connectivity index (χ4v) is 3.93. The van der Waals surface area contributed by atoms with Crippen molar-refractivity contribution in [2.24, 2.45) is 7.05 Å². The number of hydrogen-bond donors (Lipinski definition) is 1. The average Bonchev–Trinajstić information content (AvgIpc) is 3.35. The lowest BCUT2D eigenvalue weighted by Crippen LogP contribution is -2.41. The third-order valence-electron chi connectivity index (χ3n) is 5.46. The van der Waals surface area contributed by atoms with Crippen molar-refractivity contribution in [2.75, 3.05) is 19.7 Å². The number of aliphatic hydroxyl groups is 1. The zero-order valence-corrected chi connectivity index (χ0v) is 14.8. The predicted molar refractivity (Wildman–Crippen MR) is 97.3 cm³/mol. The van der Waals surface area contributed by atoms with E-state index in [2.05, 4.69) is 17.2 Å². The molecule has 136 valence electrons. The van der Waals surface area contributed by atoms with E-state index in [4.69, 9.17) is 4.74 Å². The second-order valence-corrected chi connectivity index (χ2v) is 7.14. The first-order chi connectivity index (χ1) is 12.6. The molecule has 0 unspecified atom stereocenters. The first-order valence-electron chi connectivity index (χ1n) is 8.89. The zero-order valence-electron chi connectivity index (χ0n) is 14.8. The fraction of sp³-hybridized carbons (Fsp3) is 0.400. The van der Waals surface area contributed by atoms with Crippen molar-refractivity contribution in [3.05, 3.63) is 59.9 Å². The monoisotopic (exact) mass is 353 g/mol. The van der Waals surface area contributed by atoms with Gasteiger partial charge in [-0.05, 0) is 24.1 Å². The molecule has 0 bridgehead atoms. The first kappa shape index (κ1) is 17.0. The van der Waals surface area contributed by atoms with E-state index in [-0.39, 0.29) is 11.8 Å². The molecule has 26 heavy (non-hydrogen) atoms. The molecule has 2 aliphatic rings. The molecule has 1 spiro atoms. The van der Waals surface area contributed by atoms with Gasteiger partial charge in [-0.2, -0.15) is 5.10 Å². The number of carbonyl (C=O) groups excluding carboxylic acids is 1. The highest BCUT2D eigenvalue weighted by molar-refractivity contribution is 5.91. The molecule has 1 amide bonds. The first-order valence-corrected chi connectivity index (χ1v) is 8.89. The number of aromatic nitrogens is 2. The second-order valence-electron chi connectivity index (χ2n) is 7.14. The molecule has 4 rings (SSSR count). The number of aliphatic hydroxyl groups excluding tert-OH is 1. The van der Waals surface area contributed by atoms with Crippen molar-refractivity contribution < 1.29 is 14.6 Å². The van der Waals surface area contributed by atoms with Crippen LogP contribution in [0.25, 0.3) is 6.08 Å². The number of likely N-dealkylation sites (tertiary alicyclic amines) is 1. The summed E-state index contributed by atoms with van der Waals surface area (Å²) >= 11 is 0. The van der Waals surface area contributed by atoms with Crippen molar-refractivity contribution in [1.29, 1.82) is 0 Å².